The summed E-state index contributed by atoms with van der Waals surface area (Å²) >= 11 is 0. The molecule has 0 saturated heterocycles. The molecule has 3 aromatic heterocycles. The Morgan fingerprint density at radius 1 is 1.03 bits per heavy atom. The fourth-order valence-corrected chi connectivity index (χ4v) is 5.47. The summed E-state index contributed by atoms with van der Waals surface area (Å²) in [7, 11) is -2.14. The molecule has 7 nitrogen and oxygen atoms in total. The van der Waals surface area contributed by atoms with E-state index in [4.69, 9.17) is 0 Å². The molecule has 1 N–H and O–H groups in total. The number of aromatic nitrogens is 3. The summed E-state index contributed by atoms with van der Waals surface area (Å²) in [5.41, 5.74) is 3.23. The first-order valence-electron chi connectivity index (χ1n) is 9.89. The highest BCUT2D eigenvalue weighted by atomic mass is 32.2. The molecule has 8 heteroatoms. The number of aromatic carboxylic acids is 1. The summed E-state index contributed by atoms with van der Waals surface area (Å²) in [6, 6.07) is 16.8. The van der Waals surface area contributed by atoms with Crippen LogP contribution in [0.5, 0.6) is 0 Å². The van der Waals surface area contributed by atoms with Gasteiger partial charge in [-0.15, -0.1) is 0 Å². The number of nitrogens with zero attached hydrogens (tertiary/aromatic N) is 3. The average molecular weight is 446 g/mol. The number of aryl methyl sites for hydroxylation is 2. The zero-order valence-corrected chi connectivity index (χ0v) is 18.2. The lowest BCUT2D eigenvalue weighted by molar-refractivity contribution is 0.0697. The number of carboxylic acid groups (broad SMARTS) is 1. The number of carboxylic acids is 1. The Labute approximate surface area is 184 Å². The normalized spacial score (nSPS) is 11.9. The summed E-state index contributed by atoms with van der Waals surface area (Å²) in [6.07, 6.45) is 3.37. The molecule has 0 bridgehead atoms. The predicted octanol–water partition coefficient (Wildman–Crippen LogP) is 4.44. The minimum atomic E-state index is -3.98. The third-order valence-corrected chi connectivity index (χ3v) is 7.31. The largest absolute Gasteiger partial charge is 0.478 e. The van der Waals surface area contributed by atoms with Crippen molar-refractivity contribution in [2.45, 2.75) is 11.8 Å². The van der Waals surface area contributed by atoms with Crippen LogP contribution in [0.15, 0.2) is 78.0 Å². The van der Waals surface area contributed by atoms with Crippen molar-refractivity contribution in [3.05, 3.63) is 84.2 Å². The first-order chi connectivity index (χ1) is 15.3. The number of carbonyl (C=O) groups is 1. The first-order valence-corrected chi connectivity index (χ1v) is 11.3. The zero-order valence-electron chi connectivity index (χ0n) is 17.4. The lowest BCUT2D eigenvalue weighted by Crippen LogP contribution is -2.14. The molecular formula is C24H19N3O4S. The average Bonchev–Trinajstić information content (AvgIpc) is 3.32. The Morgan fingerprint density at radius 3 is 2.50 bits per heavy atom. The van der Waals surface area contributed by atoms with Gasteiger partial charge in [-0.1, -0.05) is 17.7 Å². The van der Waals surface area contributed by atoms with Crippen molar-refractivity contribution in [2.24, 2.45) is 7.05 Å². The minimum absolute atomic E-state index is 0.132. The third-order valence-electron chi connectivity index (χ3n) is 5.59. The summed E-state index contributed by atoms with van der Waals surface area (Å²) in [5, 5.41) is 10.8. The zero-order chi connectivity index (χ0) is 22.6. The summed E-state index contributed by atoms with van der Waals surface area (Å²) in [4.78, 5) is 16.1. The van der Waals surface area contributed by atoms with Gasteiger partial charge in [-0.05, 0) is 55.5 Å². The monoisotopic (exact) mass is 445 g/mol. The van der Waals surface area contributed by atoms with Crippen LogP contribution >= 0.6 is 0 Å². The van der Waals surface area contributed by atoms with Gasteiger partial charge >= 0.3 is 5.97 Å². The maximum Gasteiger partial charge on any atom is 0.335 e. The molecule has 0 fully saturated rings. The van der Waals surface area contributed by atoms with Crippen LogP contribution in [0.25, 0.3) is 33.2 Å². The van der Waals surface area contributed by atoms with Crippen LogP contribution < -0.4 is 0 Å². The molecule has 0 amide bonds. The van der Waals surface area contributed by atoms with Gasteiger partial charge in [0.15, 0.2) is 5.65 Å². The highest BCUT2D eigenvalue weighted by molar-refractivity contribution is 7.90. The van der Waals surface area contributed by atoms with Gasteiger partial charge in [-0.2, -0.15) is 0 Å². The lowest BCUT2D eigenvalue weighted by atomic mass is 10.1. The van der Waals surface area contributed by atoms with E-state index in [1.807, 2.05) is 24.7 Å². The smallest absolute Gasteiger partial charge is 0.335 e. The number of rotatable bonds is 4. The highest BCUT2D eigenvalue weighted by Gasteiger charge is 2.26. The van der Waals surface area contributed by atoms with Gasteiger partial charge in [0.2, 0.25) is 0 Å². The molecular weight excluding hydrogens is 426 g/mol. The van der Waals surface area contributed by atoms with Gasteiger partial charge in [0.1, 0.15) is 0 Å². The molecule has 0 aliphatic heterocycles. The fourth-order valence-electron chi connectivity index (χ4n) is 3.99. The molecule has 0 spiro atoms. The van der Waals surface area contributed by atoms with Crippen molar-refractivity contribution in [3.63, 3.8) is 0 Å². The van der Waals surface area contributed by atoms with Crippen molar-refractivity contribution >= 4 is 37.9 Å². The van der Waals surface area contributed by atoms with E-state index in [-0.39, 0.29) is 10.5 Å². The molecule has 160 valence electrons. The molecule has 0 aliphatic rings. The molecule has 0 atom stereocenters. The van der Waals surface area contributed by atoms with Gasteiger partial charge < -0.3 is 9.67 Å². The lowest BCUT2D eigenvalue weighted by Gasteiger charge is -2.11. The van der Waals surface area contributed by atoms with Crippen molar-refractivity contribution in [1.29, 1.82) is 0 Å². The van der Waals surface area contributed by atoms with Crippen molar-refractivity contribution in [2.75, 3.05) is 0 Å². The molecule has 0 unspecified atom stereocenters. The van der Waals surface area contributed by atoms with E-state index in [9.17, 15) is 18.3 Å². The van der Waals surface area contributed by atoms with Crippen molar-refractivity contribution in [3.8, 4) is 11.3 Å². The Hall–Kier alpha value is -3.91. The fraction of sp³-hybridized carbons (Fsp3) is 0.0833. The molecule has 0 aliphatic carbocycles. The van der Waals surface area contributed by atoms with Crippen LogP contribution in [0.3, 0.4) is 0 Å². The third kappa shape index (κ3) is 2.99. The molecule has 0 saturated carbocycles. The van der Waals surface area contributed by atoms with Crippen LogP contribution in [0.2, 0.25) is 0 Å². The second kappa shape index (κ2) is 7.06. The second-order valence-corrected chi connectivity index (χ2v) is 9.51. The molecule has 5 aromatic rings. The summed E-state index contributed by atoms with van der Waals surface area (Å²) in [6.45, 7) is 1.89. The van der Waals surface area contributed by atoms with Gasteiger partial charge in [-0.3, -0.25) is 0 Å². The standard InChI is InChI=1S/C24H19N3O4S/c1-15-5-8-18(9-6-15)32(30,31)27-22(13-16-4-3-11-25-23(16)27)20-14-26(2)21-10-7-17(24(28)29)12-19(20)21/h3-14H,1-2H3,(H,28,29). The van der Waals surface area contributed by atoms with E-state index in [1.165, 1.54) is 10.0 Å². The second-order valence-electron chi connectivity index (χ2n) is 7.72. The Balaban J connectivity index is 1.87. The van der Waals surface area contributed by atoms with Crippen molar-refractivity contribution < 1.29 is 18.3 Å². The van der Waals surface area contributed by atoms with Crippen LogP contribution in [-0.2, 0) is 17.1 Å². The van der Waals surface area contributed by atoms with Gasteiger partial charge in [0.05, 0.1) is 16.2 Å². The summed E-state index contributed by atoms with van der Waals surface area (Å²) in [5.74, 6) is -1.05. The van der Waals surface area contributed by atoms with E-state index >= 15 is 0 Å². The van der Waals surface area contributed by atoms with Crippen LogP contribution in [0.4, 0.5) is 0 Å². The van der Waals surface area contributed by atoms with E-state index in [2.05, 4.69) is 4.98 Å². The number of pyridine rings is 1. The molecule has 5 rings (SSSR count). The van der Waals surface area contributed by atoms with E-state index < -0.39 is 16.0 Å². The Bertz CT molecular complexity index is 1630. The van der Waals surface area contributed by atoms with Gasteiger partial charge in [0, 0.05) is 41.3 Å². The van der Waals surface area contributed by atoms with E-state index in [1.54, 1.807) is 60.8 Å². The Morgan fingerprint density at radius 2 is 1.78 bits per heavy atom. The van der Waals surface area contributed by atoms with Crippen LogP contribution in [0, 0.1) is 6.92 Å². The number of hydrogen-bond donors (Lipinski definition) is 1. The molecule has 0 radical (unpaired) electrons. The first kappa shape index (κ1) is 20.0. The highest BCUT2D eigenvalue weighted by Crippen LogP contribution is 2.36. The van der Waals surface area contributed by atoms with Gasteiger partial charge in [0.25, 0.3) is 10.0 Å². The number of fused-ring (bicyclic) bond motifs is 2. The quantitative estimate of drug-likeness (QED) is 0.441. The topological polar surface area (TPSA) is 94.2 Å². The summed E-state index contributed by atoms with van der Waals surface area (Å²) < 4.78 is 30.6. The Kier molecular flexibility index (Phi) is 4.42. The van der Waals surface area contributed by atoms with E-state index in [0.717, 1.165) is 11.1 Å². The van der Waals surface area contributed by atoms with Crippen LogP contribution in [-0.4, -0.2) is 33.0 Å². The number of hydrogen-bond acceptors (Lipinski definition) is 4. The number of benzene rings is 2. The maximum absolute atomic E-state index is 13.8. The predicted molar refractivity (Wildman–Crippen MR) is 122 cm³/mol. The SMILES string of the molecule is Cc1ccc(S(=O)(=O)n2c(-c3cn(C)c4ccc(C(=O)O)cc34)cc3cccnc32)cc1. The van der Waals surface area contributed by atoms with Gasteiger partial charge in [-0.25, -0.2) is 22.2 Å². The maximum atomic E-state index is 13.8. The van der Waals surface area contributed by atoms with Crippen molar-refractivity contribution in [1.82, 2.24) is 13.5 Å². The molecule has 2 aromatic carbocycles. The van der Waals surface area contributed by atoms with Crippen LogP contribution in [0.1, 0.15) is 15.9 Å². The van der Waals surface area contributed by atoms with E-state index in [0.29, 0.717) is 27.7 Å². The minimum Gasteiger partial charge on any atom is -0.478 e. The molecule has 3 heterocycles. The molecule has 32 heavy (non-hydrogen) atoms.